The quantitative estimate of drug-likeness (QED) is 0.809. The molecule has 2 heteroatoms. The largest absolute Gasteiger partial charge is 0.344 e. The molecular formula is C20H24N2. The number of nitrogens with zero attached hydrogens (tertiary/aromatic N) is 2. The van der Waals surface area contributed by atoms with Gasteiger partial charge in [0, 0.05) is 24.0 Å². The van der Waals surface area contributed by atoms with Crippen LogP contribution in [0.3, 0.4) is 0 Å². The second-order valence-corrected chi connectivity index (χ2v) is 6.21. The molecular weight excluding hydrogens is 268 g/mol. The number of benzene rings is 2. The van der Waals surface area contributed by atoms with Crippen molar-refractivity contribution in [2.24, 2.45) is 0 Å². The molecule has 2 aromatic rings. The van der Waals surface area contributed by atoms with Crippen molar-refractivity contribution in [2.75, 3.05) is 32.6 Å². The predicted molar refractivity (Wildman–Crippen MR) is 96.6 cm³/mol. The molecule has 0 unspecified atom stereocenters. The highest BCUT2D eigenvalue weighted by molar-refractivity contribution is 5.94. The molecule has 0 aliphatic carbocycles. The van der Waals surface area contributed by atoms with Crippen molar-refractivity contribution >= 4 is 23.0 Å². The van der Waals surface area contributed by atoms with E-state index in [1.54, 1.807) is 0 Å². The van der Waals surface area contributed by atoms with E-state index in [2.05, 4.69) is 85.5 Å². The second kappa shape index (κ2) is 6.37. The van der Waals surface area contributed by atoms with Crippen LogP contribution in [0.5, 0.6) is 0 Å². The van der Waals surface area contributed by atoms with Crippen LogP contribution in [0, 0.1) is 0 Å². The first-order chi connectivity index (χ1) is 10.7. The summed E-state index contributed by atoms with van der Waals surface area (Å²) in [6.07, 6.45) is 4.66. The van der Waals surface area contributed by atoms with E-state index < -0.39 is 0 Å². The normalized spacial score (nSPS) is 13.5. The van der Waals surface area contributed by atoms with E-state index in [4.69, 9.17) is 0 Å². The van der Waals surface area contributed by atoms with Crippen LogP contribution in [0.15, 0.2) is 48.5 Å². The minimum Gasteiger partial charge on any atom is -0.344 e. The van der Waals surface area contributed by atoms with Gasteiger partial charge >= 0.3 is 0 Å². The Labute approximate surface area is 133 Å². The summed E-state index contributed by atoms with van der Waals surface area (Å²) in [4.78, 5) is 4.56. The van der Waals surface area contributed by atoms with Gasteiger partial charge in [-0.05, 0) is 62.8 Å². The average molecular weight is 292 g/mol. The van der Waals surface area contributed by atoms with Gasteiger partial charge in [-0.1, -0.05) is 36.4 Å². The number of anilines is 2. The first-order valence-electron chi connectivity index (χ1n) is 7.94. The number of allylic oxidation sites excluding steroid dienone is 1. The van der Waals surface area contributed by atoms with Crippen molar-refractivity contribution in [1.82, 2.24) is 4.90 Å². The van der Waals surface area contributed by atoms with Gasteiger partial charge < -0.3 is 9.80 Å². The van der Waals surface area contributed by atoms with Crippen molar-refractivity contribution in [3.8, 4) is 0 Å². The lowest BCUT2D eigenvalue weighted by molar-refractivity contribution is 0.403. The molecule has 1 aliphatic heterocycles. The Morgan fingerprint density at radius 3 is 2.36 bits per heavy atom. The molecule has 0 amide bonds. The molecule has 2 aromatic carbocycles. The highest BCUT2D eigenvalue weighted by Gasteiger charge is 2.18. The summed E-state index contributed by atoms with van der Waals surface area (Å²) in [7, 11) is 6.44. The van der Waals surface area contributed by atoms with Crippen LogP contribution in [0.2, 0.25) is 0 Å². The van der Waals surface area contributed by atoms with Crippen LogP contribution in [0.25, 0.3) is 11.6 Å². The zero-order valence-electron chi connectivity index (χ0n) is 13.7. The molecule has 0 aromatic heterocycles. The van der Waals surface area contributed by atoms with Gasteiger partial charge in [-0.25, -0.2) is 0 Å². The van der Waals surface area contributed by atoms with E-state index in [0.29, 0.717) is 0 Å². The second-order valence-electron chi connectivity index (χ2n) is 6.21. The molecule has 1 aliphatic rings. The fourth-order valence-electron chi connectivity index (χ4n) is 3.14. The van der Waals surface area contributed by atoms with Gasteiger partial charge in [0.05, 0.1) is 0 Å². The number of hydrogen-bond acceptors (Lipinski definition) is 2. The summed E-state index contributed by atoms with van der Waals surface area (Å²) in [6.45, 7) is 1.12. The van der Waals surface area contributed by atoms with Gasteiger partial charge in [0.25, 0.3) is 0 Å². The Balaban J connectivity index is 2.03. The number of fused-ring (bicyclic) bond motifs is 2. The van der Waals surface area contributed by atoms with Crippen LogP contribution in [0.1, 0.15) is 24.0 Å². The van der Waals surface area contributed by atoms with E-state index >= 15 is 0 Å². The van der Waals surface area contributed by atoms with Gasteiger partial charge in [0.15, 0.2) is 0 Å². The Morgan fingerprint density at radius 1 is 0.909 bits per heavy atom. The molecule has 0 saturated heterocycles. The Hall–Kier alpha value is -2.06. The van der Waals surface area contributed by atoms with Gasteiger partial charge in [-0.15, -0.1) is 0 Å². The van der Waals surface area contributed by atoms with Crippen molar-refractivity contribution in [1.29, 1.82) is 0 Å². The zero-order chi connectivity index (χ0) is 15.5. The fraction of sp³-hybridized carbons (Fsp3) is 0.300. The Bertz CT molecular complexity index is 686. The summed E-state index contributed by atoms with van der Waals surface area (Å²) < 4.78 is 0. The van der Waals surface area contributed by atoms with Crippen molar-refractivity contribution in [3.63, 3.8) is 0 Å². The van der Waals surface area contributed by atoms with Gasteiger partial charge in [-0.3, -0.25) is 0 Å². The SMILES string of the molecule is CN(C)CCCC1=Cc2ccccc2N(C)c2ccccc21. The van der Waals surface area contributed by atoms with E-state index in [1.807, 2.05) is 0 Å². The number of rotatable bonds is 4. The third kappa shape index (κ3) is 2.93. The topological polar surface area (TPSA) is 6.48 Å². The lowest BCUT2D eigenvalue weighted by Crippen LogP contribution is -2.13. The van der Waals surface area contributed by atoms with Crippen molar-refractivity contribution in [2.45, 2.75) is 12.8 Å². The molecule has 0 spiro atoms. The first-order valence-corrected chi connectivity index (χ1v) is 7.94. The maximum atomic E-state index is 2.37. The summed E-state index contributed by atoms with van der Waals surface area (Å²) >= 11 is 0. The number of para-hydroxylation sites is 2. The lowest BCUT2D eigenvalue weighted by atomic mass is 9.98. The van der Waals surface area contributed by atoms with Gasteiger partial charge in [-0.2, -0.15) is 0 Å². The van der Waals surface area contributed by atoms with Crippen LogP contribution >= 0.6 is 0 Å². The van der Waals surface area contributed by atoms with Crippen LogP contribution < -0.4 is 4.90 Å². The van der Waals surface area contributed by atoms with Crippen LogP contribution in [-0.2, 0) is 0 Å². The molecule has 0 radical (unpaired) electrons. The summed E-state index contributed by atoms with van der Waals surface area (Å²) in [6, 6.07) is 17.4. The first kappa shape index (κ1) is 14.9. The molecule has 0 saturated carbocycles. The molecule has 0 atom stereocenters. The van der Waals surface area contributed by atoms with E-state index in [1.165, 1.54) is 34.5 Å². The van der Waals surface area contributed by atoms with E-state index in [9.17, 15) is 0 Å². The van der Waals surface area contributed by atoms with Gasteiger partial charge in [0.2, 0.25) is 0 Å². The van der Waals surface area contributed by atoms with Crippen LogP contribution in [-0.4, -0.2) is 32.6 Å². The fourth-order valence-corrected chi connectivity index (χ4v) is 3.14. The molecule has 0 fully saturated rings. The minimum absolute atomic E-state index is 1.11. The molecule has 0 N–H and O–H groups in total. The maximum absolute atomic E-state index is 2.37. The third-order valence-electron chi connectivity index (χ3n) is 4.29. The molecule has 22 heavy (non-hydrogen) atoms. The lowest BCUT2D eigenvalue weighted by Gasteiger charge is -2.22. The maximum Gasteiger partial charge on any atom is 0.0484 e. The molecule has 2 nitrogen and oxygen atoms in total. The summed E-state index contributed by atoms with van der Waals surface area (Å²) in [5.74, 6) is 0. The molecule has 3 rings (SSSR count). The summed E-state index contributed by atoms with van der Waals surface area (Å²) in [5, 5.41) is 0. The predicted octanol–water partition coefficient (Wildman–Crippen LogP) is 4.65. The van der Waals surface area contributed by atoms with Crippen LogP contribution in [0.4, 0.5) is 11.4 Å². The monoisotopic (exact) mass is 292 g/mol. The van der Waals surface area contributed by atoms with Gasteiger partial charge in [0.1, 0.15) is 0 Å². The number of hydrogen-bond donors (Lipinski definition) is 0. The van der Waals surface area contributed by atoms with Crippen molar-refractivity contribution < 1.29 is 0 Å². The smallest absolute Gasteiger partial charge is 0.0484 e. The molecule has 0 bridgehead atoms. The highest BCUT2D eigenvalue weighted by Crippen LogP contribution is 2.39. The highest BCUT2D eigenvalue weighted by atomic mass is 15.1. The Kier molecular flexibility index (Phi) is 4.30. The van der Waals surface area contributed by atoms with E-state index in [-0.39, 0.29) is 0 Å². The molecule has 1 heterocycles. The minimum atomic E-state index is 1.11. The third-order valence-corrected chi connectivity index (χ3v) is 4.29. The Morgan fingerprint density at radius 2 is 1.59 bits per heavy atom. The van der Waals surface area contributed by atoms with Crippen molar-refractivity contribution in [3.05, 3.63) is 59.7 Å². The van der Waals surface area contributed by atoms with E-state index in [0.717, 1.165) is 13.0 Å². The average Bonchev–Trinajstić information content (AvgIpc) is 2.64. The summed E-state index contributed by atoms with van der Waals surface area (Å²) in [5.41, 5.74) is 6.68. The molecule has 114 valence electrons. The standard InChI is InChI=1S/C20H24N2/c1-21(2)14-8-10-16-15-17-9-4-6-12-19(17)22(3)20-13-7-5-11-18(16)20/h4-7,9,11-13,15H,8,10,14H2,1-3H3. The zero-order valence-corrected chi connectivity index (χ0v) is 13.7.